The Hall–Kier alpha value is -2.54. The summed E-state index contributed by atoms with van der Waals surface area (Å²) in [5.74, 6) is 1.90. The molecule has 3 aliphatic rings. The van der Waals surface area contributed by atoms with Crippen LogP contribution in [0.4, 0.5) is 0 Å². The quantitative estimate of drug-likeness (QED) is 0.720. The predicted octanol–water partition coefficient (Wildman–Crippen LogP) is 4.13. The minimum atomic E-state index is -0.00611. The molecule has 0 spiro atoms. The highest BCUT2D eigenvalue weighted by molar-refractivity contribution is 7.12. The Balaban J connectivity index is 1.24. The molecule has 0 saturated carbocycles. The third kappa shape index (κ3) is 4.15. The van der Waals surface area contributed by atoms with Gasteiger partial charge in [-0.1, -0.05) is 12.1 Å². The van der Waals surface area contributed by atoms with E-state index in [-0.39, 0.29) is 23.8 Å². The van der Waals surface area contributed by atoms with Gasteiger partial charge >= 0.3 is 0 Å². The Morgan fingerprint density at radius 3 is 2.52 bits per heavy atom. The molecule has 7 heteroatoms. The van der Waals surface area contributed by atoms with Crippen LogP contribution in [0.3, 0.4) is 0 Å². The lowest BCUT2D eigenvalue weighted by Crippen LogP contribution is -2.44. The molecule has 1 aromatic carbocycles. The topological polar surface area (TPSA) is 59.1 Å². The maximum Gasteiger partial charge on any atom is 0.263 e. The van der Waals surface area contributed by atoms with Crippen LogP contribution in [0.5, 0.6) is 11.5 Å². The van der Waals surface area contributed by atoms with Crippen LogP contribution in [0, 0.1) is 5.92 Å². The third-order valence-electron chi connectivity index (χ3n) is 6.56. The lowest BCUT2D eigenvalue weighted by molar-refractivity contribution is -0.137. The minimum absolute atomic E-state index is 0.00611. The van der Waals surface area contributed by atoms with E-state index in [0.717, 1.165) is 60.6 Å². The monoisotopic (exact) mass is 440 g/mol. The first-order valence-corrected chi connectivity index (χ1v) is 12.1. The van der Waals surface area contributed by atoms with Crippen LogP contribution in [0.25, 0.3) is 0 Å². The molecule has 0 aliphatic carbocycles. The molecular weight excluding hydrogens is 412 g/mol. The Labute approximate surface area is 186 Å². The number of likely N-dealkylation sites (tertiary alicyclic amines) is 2. The number of benzene rings is 1. The molecule has 0 radical (unpaired) electrons. The van der Waals surface area contributed by atoms with Gasteiger partial charge in [-0.05, 0) is 54.8 Å². The Morgan fingerprint density at radius 2 is 1.74 bits per heavy atom. The van der Waals surface area contributed by atoms with Crippen molar-refractivity contribution in [2.75, 3.05) is 32.8 Å². The highest BCUT2D eigenvalue weighted by atomic mass is 32.1. The number of carbonyl (C=O) groups is 2. The smallest absolute Gasteiger partial charge is 0.263 e. The number of rotatable bonds is 3. The van der Waals surface area contributed by atoms with Gasteiger partial charge in [-0.2, -0.15) is 0 Å². The van der Waals surface area contributed by atoms with Crippen molar-refractivity contribution in [1.29, 1.82) is 0 Å². The number of nitrogens with zero attached hydrogens (tertiary/aromatic N) is 2. The van der Waals surface area contributed by atoms with Gasteiger partial charge in [0.1, 0.15) is 0 Å². The summed E-state index contributed by atoms with van der Waals surface area (Å²) >= 11 is 1.48. The number of ether oxygens (including phenoxy) is 2. The molecule has 0 N–H and O–H groups in total. The molecule has 2 fully saturated rings. The molecule has 1 aromatic heterocycles. The fourth-order valence-electron chi connectivity index (χ4n) is 4.88. The van der Waals surface area contributed by atoms with Gasteiger partial charge in [0.2, 0.25) is 5.91 Å². The molecule has 0 bridgehead atoms. The van der Waals surface area contributed by atoms with Crippen LogP contribution < -0.4 is 9.47 Å². The fourth-order valence-corrected chi connectivity index (χ4v) is 5.58. The highest BCUT2D eigenvalue weighted by Crippen LogP contribution is 2.39. The van der Waals surface area contributed by atoms with E-state index in [0.29, 0.717) is 26.3 Å². The fraction of sp³-hybridized carbons (Fsp3) is 0.500. The van der Waals surface area contributed by atoms with E-state index >= 15 is 0 Å². The lowest BCUT2D eigenvalue weighted by atomic mass is 9.94. The van der Waals surface area contributed by atoms with Crippen LogP contribution >= 0.6 is 11.3 Å². The number of fused-ring (bicyclic) bond motifs is 1. The number of hydrogen-bond acceptors (Lipinski definition) is 5. The summed E-state index contributed by atoms with van der Waals surface area (Å²) in [6, 6.07) is 9.97. The molecule has 6 nitrogen and oxygen atoms in total. The van der Waals surface area contributed by atoms with E-state index in [1.54, 1.807) is 0 Å². The molecule has 3 aliphatic heterocycles. The second kappa shape index (κ2) is 8.91. The summed E-state index contributed by atoms with van der Waals surface area (Å²) in [4.78, 5) is 30.7. The molecule has 2 aromatic rings. The van der Waals surface area contributed by atoms with Gasteiger partial charge in [0.15, 0.2) is 11.5 Å². The molecule has 1 atom stereocenters. The van der Waals surface area contributed by atoms with Gasteiger partial charge in [-0.25, -0.2) is 0 Å². The third-order valence-corrected chi connectivity index (χ3v) is 7.41. The van der Waals surface area contributed by atoms with Crippen molar-refractivity contribution in [2.45, 2.75) is 38.1 Å². The van der Waals surface area contributed by atoms with Crippen molar-refractivity contribution in [1.82, 2.24) is 9.80 Å². The SMILES string of the molecule is O=C(c1cccs1)N1CCC(C(=O)N2CCC[C@@H]2c2ccc3c(c2)OCCCO3)CC1. The zero-order valence-electron chi connectivity index (χ0n) is 17.6. The Kier molecular flexibility index (Phi) is 5.85. The van der Waals surface area contributed by atoms with Crippen LogP contribution in [0.15, 0.2) is 35.7 Å². The summed E-state index contributed by atoms with van der Waals surface area (Å²) in [7, 11) is 0. The summed E-state index contributed by atoms with van der Waals surface area (Å²) in [6.07, 6.45) is 4.34. The van der Waals surface area contributed by atoms with Crippen LogP contribution in [-0.4, -0.2) is 54.5 Å². The lowest BCUT2D eigenvalue weighted by Gasteiger charge is -2.35. The summed E-state index contributed by atoms with van der Waals surface area (Å²) in [5, 5.41) is 1.93. The molecule has 4 heterocycles. The zero-order chi connectivity index (χ0) is 21.2. The first-order valence-electron chi connectivity index (χ1n) is 11.2. The summed E-state index contributed by atoms with van der Waals surface area (Å²) < 4.78 is 11.6. The normalized spacial score (nSPS) is 21.7. The molecule has 31 heavy (non-hydrogen) atoms. The van der Waals surface area contributed by atoms with E-state index in [4.69, 9.17) is 9.47 Å². The standard InChI is InChI=1S/C24H28N2O4S/c27-23(17-8-11-25(12-9-17)24(28)22-5-2-15-31-22)26-10-1-4-19(26)18-6-7-20-21(16-18)30-14-3-13-29-20/h2,5-7,15-17,19H,1,3-4,8-14H2/t19-/m1/s1. The first-order chi connectivity index (χ1) is 15.2. The van der Waals surface area contributed by atoms with Crippen LogP contribution in [-0.2, 0) is 4.79 Å². The molecule has 2 amide bonds. The summed E-state index contributed by atoms with van der Waals surface area (Å²) in [5.41, 5.74) is 1.13. The second-order valence-corrected chi connectivity index (χ2v) is 9.44. The molecule has 0 unspecified atom stereocenters. The zero-order valence-corrected chi connectivity index (χ0v) is 18.4. The summed E-state index contributed by atoms with van der Waals surface area (Å²) in [6.45, 7) is 3.43. The number of hydrogen-bond donors (Lipinski definition) is 0. The number of piperidine rings is 1. The van der Waals surface area contributed by atoms with E-state index < -0.39 is 0 Å². The average Bonchev–Trinajstić information content (AvgIpc) is 3.47. The van der Waals surface area contributed by atoms with Crippen molar-refractivity contribution < 1.29 is 19.1 Å². The van der Waals surface area contributed by atoms with E-state index in [2.05, 4.69) is 17.0 Å². The van der Waals surface area contributed by atoms with Gasteiger partial charge in [0, 0.05) is 32.0 Å². The van der Waals surface area contributed by atoms with Crippen molar-refractivity contribution in [2.24, 2.45) is 5.92 Å². The van der Waals surface area contributed by atoms with Gasteiger partial charge < -0.3 is 19.3 Å². The number of amides is 2. The van der Waals surface area contributed by atoms with Crippen molar-refractivity contribution >= 4 is 23.2 Å². The first kappa shape index (κ1) is 20.4. The number of carbonyl (C=O) groups excluding carboxylic acids is 2. The van der Waals surface area contributed by atoms with Gasteiger partial charge in [0.05, 0.1) is 24.1 Å². The largest absolute Gasteiger partial charge is 0.490 e. The van der Waals surface area contributed by atoms with Crippen LogP contribution in [0.1, 0.15) is 53.4 Å². The van der Waals surface area contributed by atoms with Crippen molar-refractivity contribution in [3.8, 4) is 11.5 Å². The number of thiophene rings is 1. The van der Waals surface area contributed by atoms with E-state index in [1.165, 1.54) is 11.3 Å². The van der Waals surface area contributed by atoms with Crippen molar-refractivity contribution in [3.05, 3.63) is 46.2 Å². The molecular formula is C24H28N2O4S. The maximum atomic E-state index is 13.4. The maximum absolute atomic E-state index is 13.4. The van der Waals surface area contributed by atoms with E-state index in [9.17, 15) is 9.59 Å². The van der Waals surface area contributed by atoms with Gasteiger partial charge in [-0.15, -0.1) is 11.3 Å². The Morgan fingerprint density at radius 1 is 0.935 bits per heavy atom. The molecule has 2 saturated heterocycles. The highest BCUT2D eigenvalue weighted by Gasteiger charge is 2.36. The predicted molar refractivity (Wildman–Crippen MR) is 119 cm³/mol. The van der Waals surface area contributed by atoms with Gasteiger partial charge in [-0.3, -0.25) is 9.59 Å². The van der Waals surface area contributed by atoms with Crippen molar-refractivity contribution in [3.63, 3.8) is 0 Å². The second-order valence-electron chi connectivity index (χ2n) is 8.49. The molecule has 5 rings (SSSR count). The van der Waals surface area contributed by atoms with E-state index in [1.807, 2.05) is 28.5 Å². The average molecular weight is 441 g/mol. The van der Waals surface area contributed by atoms with Crippen LogP contribution in [0.2, 0.25) is 0 Å². The Bertz CT molecular complexity index is 937. The molecule has 164 valence electrons. The van der Waals surface area contributed by atoms with Gasteiger partial charge in [0.25, 0.3) is 5.91 Å². The minimum Gasteiger partial charge on any atom is -0.490 e.